The van der Waals surface area contributed by atoms with Crippen LogP contribution in [0.5, 0.6) is 0 Å². The number of halogens is 2. The SMILES string of the molecule is O=C(NCCCN1CCOCC1)c1nn(-c2ccc(F)c(F)c2)c2c1CCC2. The van der Waals surface area contributed by atoms with Crippen LogP contribution in [0.2, 0.25) is 0 Å². The molecule has 1 fully saturated rings. The monoisotopic (exact) mass is 390 g/mol. The molecule has 1 saturated heterocycles. The number of morpholine rings is 1. The van der Waals surface area contributed by atoms with Gasteiger partial charge in [-0.3, -0.25) is 9.69 Å². The number of benzene rings is 1. The fraction of sp³-hybridized carbons (Fsp3) is 0.500. The summed E-state index contributed by atoms with van der Waals surface area (Å²) in [7, 11) is 0. The van der Waals surface area contributed by atoms with Crippen LogP contribution < -0.4 is 5.32 Å². The van der Waals surface area contributed by atoms with Gasteiger partial charge < -0.3 is 10.1 Å². The number of fused-ring (bicyclic) bond motifs is 1. The Morgan fingerprint density at radius 3 is 2.79 bits per heavy atom. The van der Waals surface area contributed by atoms with Gasteiger partial charge in [0.1, 0.15) is 0 Å². The maximum atomic E-state index is 13.6. The van der Waals surface area contributed by atoms with Gasteiger partial charge in [0.15, 0.2) is 17.3 Å². The third-order valence-electron chi connectivity index (χ3n) is 5.33. The lowest BCUT2D eigenvalue weighted by molar-refractivity contribution is 0.0374. The van der Waals surface area contributed by atoms with Crippen LogP contribution in [0.25, 0.3) is 5.69 Å². The van der Waals surface area contributed by atoms with Gasteiger partial charge in [0, 0.05) is 37.0 Å². The molecule has 1 N–H and O–H groups in total. The number of hydrogen-bond donors (Lipinski definition) is 1. The first kappa shape index (κ1) is 19.0. The van der Waals surface area contributed by atoms with Crippen molar-refractivity contribution >= 4 is 5.91 Å². The van der Waals surface area contributed by atoms with Gasteiger partial charge in [0.25, 0.3) is 5.91 Å². The summed E-state index contributed by atoms with van der Waals surface area (Å²) in [6.07, 6.45) is 3.33. The van der Waals surface area contributed by atoms with Crippen LogP contribution in [0.1, 0.15) is 34.6 Å². The van der Waals surface area contributed by atoms with Crippen LogP contribution in [0.4, 0.5) is 8.78 Å². The van der Waals surface area contributed by atoms with Crippen LogP contribution in [-0.4, -0.2) is 60.0 Å². The van der Waals surface area contributed by atoms with Crippen molar-refractivity contribution in [2.45, 2.75) is 25.7 Å². The largest absolute Gasteiger partial charge is 0.379 e. The lowest BCUT2D eigenvalue weighted by Gasteiger charge is -2.26. The maximum Gasteiger partial charge on any atom is 0.272 e. The van der Waals surface area contributed by atoms with E-state index in [-0.39, 0.29) is 5.91 Å². The first-order chi connectivity index (χ1) is 13.6. The molecule has 150 valence electrons. The number of amides is 1. The Kier molecular flexibility index (Phi) is 5.68. The molecule has 2 aromatic rings. The Hall–Kier alpha value is -2.32. The third kappa shape index (κ3) is 3.93. The number of carbonyl (C=O) groups is 1. The standard InChI is InChI=1S/C20H24F2N4O2/c21-16-6-5-14(13-17(16)22)26-18-4-1-3-15(18)19(24-26)20(27)23-7-2-8-25-9-11-28-12-10-25/h5-6,13H,1-4,7-12H2,(H,23,27). The van der Waals surface area contributed by atoms with Crippen molar-refractivity contribution < 1.29 is 18.3 Å². The van der Waals surface area contributed by atoms with Gasteiger partial charge in [-0.1, -0.05) is 0 Å². The molecular weight excluding hydrogens is 366 g/mol. The molecule has 1 amide bonds. The van der Waals surface area contributed by atoms with Crippen molar-refractivity contribution in [1.29, 1.82) is 0 Å². The topological polar surface area (TPSA) is 59.4 Å². The molecule has 0 spiro atoms. The fourth-order valence-electron chi connectivity index (χ4n) is 3.86. The van der Waals surface area contributed by atoms with E-state index in [0.717, 1.165) is 81.9 Å². The average molecular weight is 390 g/mol. The molecule has 0 bridgehead atoms. The highest BCUT2D eigenvalue weighted by Crippen LogP contribution is 2.28. The van der Waals surface area contributed by atoms with Gasteiger partial charge in [0.2, 0.25) is 0 Å². The molecule has 1 aromatic carbocycles. The van der Waals surface area contributed by atoms with Gasteiger partial charge in [-0.2, -0.15) is 5.10 Å². The smallest absolute Gasteiger partial charge is 0.272 e. The number of nitrogens with zero attached hydrogens (tertiary/aromatic N) is 3. The molecule has 6 nitrogen and oxygen atoms in total. The second-order valence-electron chi connectivity index (χ2n) is 7.20. The van der Waals surface area contributed by atoms with E-state index < -0.39 is 11.6 Å². The van der Waals surface area contributed by atoms with Gasteiger partial charge in [0.05, 0.1) is 18.9 Å². The van der Waals surface area contributed by atoms with Crippen LogP contribution in [-0.2, 0) is 17.6 Å². The molecule has 0 radical (unpaired) electrons. The molecule has 2 heterocycles. The highest BCUT2D eigenvalue weighted by Gasteiger charge is 2.27. The number of carbonyl (C=O) groups excluding carboxylic acids is 1. The summed E-state index contributed by atoms with van der Waals surface area (Å²) in [5.74, 6) is -2.03. The van der Waals surface area contributed by atoms with E-state index in [4.69, 9.17) is 4.74 Å². The highest BCUT2D eigenvalue weighted by molar-refractivity contribution is 5.94. The first-order valence-corrected chi connectivity index (χ1v) is 9.78. The third-order valence-corrected chi connectivity index (χ3v) is 5.33. The number of aromatic nitrogens is 2. The molecule has 0 saturated carbocycles. The van der Waals surface area contributed by atoms with Crippen LogP contribution >= 0.6 is 0 Å². The van der Waals surface area contributed by atoms with Crippen molar-refractivity contribution in [1.82, 2.24) is 20.0 Å². The van der Waals surface area contributed by atoms with E-state index in [2.05, 4.69) is 15.3 Å². The van der Waals surface area contributed by atoms with E-state index in [0.29, 0.717) is 17.9 Å². The Morgan fingerprint density at radius 2 is 2.00 bits per heavy atom. The molecule has 2 aliphatic rings. The van der Waals surface area contributed by atoms with E-state index in [1.807, 2.05) is 0 Å². The lowest BCUT2D eigenvalue weighted by Crippen LogP contribution is -2.38. The molecule has 1 aliphatic heterocycles. The van der Waals surface area contributed by atoms with Gasteiger partial charge in [-0.05, 0) is 44.4 Å². The van der Waals surface area contributed by atoms with E-state index >= 15 is 0 Å². The molecule has 0 atom stereocenters. The van der Waals surface area contributed by atoms with E-state index in [1.165, 1.54) is 6.07 Å². The fourth-order valence-corrected chi connectivity index (χ4v) is 3.86. The van der Waals surface area contributed by atoms with Crippen molar-refractivity contribution in [2.24, 2.45) is 0 Å². The predicted molar refractivity (Wildman–Crippen MR) is 99.7 cm³/mol. The molecular formula is C20H24F2N4O2. The highest BCUT2D eigenvalue weighted by atomic mass is 19.2. The summed E-state index contributed by atoms with van der Waals surface area (Å²) in [5.41, 5.74) is 2.65. The van der Waals surface area contributed by atoms with Crippen LogP contribution in [0.3, 0.4) is 0 Å². The normalized spacial score (nSPS) is 16.9. The van der Waals surface area contributed by atoms with Crippen LogP contribution in [0.15, 0.2) is 18.2 Å². The predicted octanol–water partition coefficient (Wildman–Crippen LogP) is 2.09. The van der Waals surface area contributed by atoms with E-state index in [1.54, 1.807) is 4.68 Å². The summed E-state index contributed by atoms with van der Waals surface area (Å²) in [4.78, 5) is 15.0. The minimum absolute atomic E-state index is 0.207. The van der Waals surface area contributed by atoms with Gasteiger partial charge in [-0.25, -0.2) is 13.5 Å². The number of hydrogen-bond acceptors (Lipinski definition) is 4. The van der Waals surface area contributed by atoms with Crippen molar-refractivity contribution in [2.75, 3.05) is 39.4 Å². The summed E-state index contributed by atoms with van der Waals surface area (Å²) in [5, 5.41) is 7.38. The number of rotatable bonds is 6. The molecule has 1 aromatic heterocycles. The zero-order valence-electron chi connectivity index (χ0n) is 15.7. The second-order valence-corrected chi connectivity index (χ2v) is 7.20. The maximum absolute atomic E-state index is 13.6. The summed E-state index contributed by atoms with van der Waals surface area (Å²) >= 11 is 0. The molecule has 8 heteroatoms. The lowest BCUT2D eigenvalue weighted by atomic mass is 10.2. The zero-order valence-corrected chi connectivity index (χ0v) is 15.7. The van der Waals surface area contributed by atoms with Crippen molar-refractivity contribution in [3.8, 4) is 5.69 Å². The Labute approximate surface area is 162 Å². The van der Waals surface area contributed by atoms with Gasteiger partial charge >= 0.3 is 0 Å². The van der Waals surface area contributed by atoms with Crippen LogP contribution in [0, 0.1) is 11.6 Å². The first-order valence-electron chi connectivity index (χ1n) is 9.78. The minimum Gasteiger partial charge on any atom is -0.379 e. The quantitative estimate of drug-likeness (QED) is 0.768. The molecule has 28 heavy (non-hydrogen) atoms. The summed E-state index contributed by atoms with van der Waals surface area (Å²) in [6.45, 7) is 4.88. The number of nitrogens with one attached hydrogen (secondary N) is 1. The summed E-state index contributed by atoms with van der Waals surface area (Å²) < 4.78 is 33.8. The Bertz CT molecular complexity index is 862. The molecule has 4 rings (SSSR count). The Morgan fingerprint density at radius 1 is 1.18 bits per heavy atom. The Balaban J connectivity index is 1.42. The minimum atomic E-state index is -0.922. The number of ether oxygens (including phenoxy) is 1. The molecule has 0 unspecified atom stereocenters. The summed E-state index contributed by atoms with van der Waals surface area (Å²) in [6, 6.07) is 3.68. The van der Waals surface area contributed by atoms with Crippen molar-refractivity contribution in [3.63, 3.8) is 0 Å². The molecule has 1 aliphatic carbocycles. The zero-order chi connectivity index (χ0) is 19.5. The van der Waals surface area contributed by atoms with E-state index in [9.17, 15) is 13.6 Å². The van der Waals surface area contributed by atoms with Crippen molar-refractivity contribution in [3.05, 3.63) is 46.8 Å². The average Bonchev–Trinajstić information content (AvgIpc) is 3.31. The van der Waals surface area contributed by atoms with Gasteiger partial charge in [-0.15, -0.1) is 0 Å². The second kappa shape index (κ2) is 8.36.